The number of nitrogens with two attached hydrogens (primary N) is 1. The molecule has 2 aromatic rings. The van der Waals surface area contributed by atoms with Gasteiger partial charge in [0.15, 0.2) is 0 Å². The Morgan fingerprint density at radius 3 is 2.53 bits per heavy atom. The minimum absolute atomic E-state index is 0.568. The van der Waals surface area contributed by atoms with E-state index >= 15 is 0 Å². The first-order chi connectivity index (χ1) is 7.27. The number of nitrogens with zero attached hydrogens (tertiary/aromatic N) is 2. The molecule has 0 spiro atoms. The molecule has 0 saturated carbocycles. The molecule has 1 aromatic heterocycles. The summed E-state index contributed by atoms with van der Waals surface area (Å²) in [7, 11) is 0. The standard InChI is InChI=1S/C11H10IN3/c12-10-9(11(13)15-7-14-10)6-8-4-2-1-3-5-8/h1-5,7H,6H2,(H2,13,14,15). The van der Waals surface area contributed by atoms with E-state index < -0.39 is 0 Å². The van der Waals surface area contributed by atoms with Crippen LogP contribution in [0.3, 0.4) is 0 Å². The van der Waals surface area contributed by atoms with Gasteiger partial charge in [-0.3, -0.25) is 0 Å². The summed E-state index contributed by atoms with van der Waals surface area (Å²) in [6.07, 6.45) is 2.28. The van der Waals surface area contributed by atoms with Gasteiger partial charge in [-0.2, -0.15) is 0 Å². The highest BCUT2D eigenvalue weighted by molar-refractivity contribution is 14.1. The van der Waals surface area contributed by atoms with Crippen molar-refractivity contribution in [2.24, 2.45) is 0 Å². The van der Waals surface area contributed by atoms with E-state index in [9.17, 15) is 0 Å². The molecule has 0 unspecified atom stereocenters. The minimum Gasteiger partial charge on any atom is -0.383 e. The molecule has 0 radical (unpaired) electrons. The Balaban J connectivity index is 2.32. The molecule has 0 saturated heterocycles. The average molecular weight is 311 g/mol. The van der Waals surface area contributed by atoms with Gasteiger partial charge in [0.2, 0.25) is 0 Å². The molecular weight excluding hydrogens is 301 g/mol. The van der Waals surface area contributed by atoms with Crippen molar-refractivity contribution in [3.05, 3.63) is 51.5 Å². The van der Waals surface area contributed by atoms with E-state index in [2.05, 4.69) is 44.7 Å². The van der Waals surface area contributed by atoms with Crippen LogP contribution < -0.4 is 5.73 Å². The summed E-state index contributed by atoms with van der Waals surface area (Å²) >= 11 is 2.18. The summed E-state index contributed by atoms with van der Waals surface area (Å²) in [5.41, 5.74) is 8.04. The zero-order valence-corrected chi connectivity index (χ0v) is 10.2. The molecular formula is C11H10IN3. The molecule has 76 valence electrons. The van der Waals surface area contributed by atoms with Crippen molar-refractivity contribution in [1.82, 2.24) is 9.97 Å². The zero-order valence-electron chi connectivity index (χ0n) is 8.02. The lowest BCUT2D eigenvalue weighted by atomic mass is 10.1. The van der Waals surface area contributed by atoms with Crippen LogP contribution in [0.2, 0.25) is 0 Å². The highest BCUT2D eigenvalue weighted by atomic mass is 127. The fourth-order valence-electron chi connectivity index (χ4n) is 1.37. The molecule has 1 heterocycles. The summed E-state index contributed by atoms with van der Waals surface area (Å²) in [6, 6.07) is 10.2. The van der Waals surface area contributed by atoms with Gasteiger partial charge in [0.25, 0.3) is 0 Å². The summed E-state index contributed by atoms with van der Waals surface area (Å²) in [5, 5.41) is 0. The third-order valence-electron chi connectivity index (χ3n) is 2.15. The number of halogens is 1. The first-order valence-electron chi connectivity index (χ1n) is 4.56. The number of aromatic nitrogens is 2. The third-order valence-corrected chi connectivity index (χ3v) is 3.08. The Morgan fingerprint density at radius 1 is 1.13 bits per heavy atom. The number of benzene rings is 1. The van der Waals surface area contributed by atoms with E-state index in [4.69, 9.17) is 5.73 Å². The molecule has 1 aromatic carbocycles. The molecule has 4 heteroatoms. The molecule has 3 nitrogen and oxygen atoms in total. The maximum Gasteiger partial charge on any atom is 0.131 e. The maximum absolute atomic E-state index is 5.81. The van der Waals surface area contributed by atoms with Gasteiger partial charge in [-0.05, 0) is 28.2 Å². The summed E-state index contributed by atoms with van der Waals surface area (Å²) in [5.74, 6) is 0.568. The lowest BCUT2D eigenvalue weighted by molar-refractivity contribution is 1.05. The topological polar surface area (TPSA) is 51.8 Å². The van der Waals surface area contributed by atoms with Gasteiger partial charge >= 0.3 is 0 Å². The second-order valence-corrected chi connectivity index (χ2v) is 4.21. The Hall–Kier alpha value is -1.17. The van der Waals surface area contributed by atoms with Crippen molar-refractivity contribution in [3.63, 3.8) is 0 Å². The molecule has 0 fully saturated rings. The van der Waals surface area contributed by atoms with E-state index in [-0.39, 0.29) is 0 Å². The van der Waals surface area contributed by atoms with E-state index in [1.54, 1.807) is 0 Å². The number of hydrogen-bond donors (Lipinski definition) is 1. The first-order valence-corrected chi connectivity index (χ1v) is 5.64. The van der Waals surface area contributed by atoms with Crippen LogP contribution in [-0.4, -0.2) is 9.97 Å². The van der Waals surface area contributed by atoms with Crippen molar-refractivity contribution in [1.29, 1.82) is 0 Å². The lowest BCUT2D eigenvalue weighted by Gasteiger charge is -2.05. The summed E-state index contributed by atoms with van der Waals surface area (Å²) < 4.78 is 0.920. The molecule has 0 amide bonds. The van der Waals surface area contributed by atoms with Gasteiger partial charge in [0.1, 0.15) is 15.8 Å². The summed E-state index contributed by atoms with van der Waals surface area (Å²) in [6.45, 7) is 0. The normalized spacial score (nSPS) is 10.2. The molecule has 2 rings (SSSR count). The number of anilines is 1. The molecule has 0 atom stereocenters. The third kappa shape index (κ3) is 2.44. The van der Waals surface area contributed by atoms with E-state index in [0.717, 1.165) is 15.7 Å². The SMILES string of the molecule is Nc1ncnc(I)c1Cc1ccccc1. The Labute approximate surface area is 102 Å². The van der Waals surface area contributed by atoms with Crippen LogP contribution in [0.1, 0.15) is 11.1 Å². The van der Waals surface area contributed by atoms with Crippen molar-refractivity contribution in [2.45, 2.75) is 6.42 Å². The molecule has 2 N–H and O–H groups in total. The molecule has 0 bridgehead atoms. The molecule has 0 aliphatic rings. The van der Waals surface area contributed by atoms with Crippen LogP contribution in [0.15, 0.2) is 36.7 Å². The van der Waals surface area contributed by atoms with Gasteiger partial charge in [0.05, 0.1) is 0 Å². The predicted octanol–water partition coefficient (Wildman–Crippen LogP) is 2.25. The van der Waals surface area contributed by atoms with Crippen LogP contribution in [0.5, 0.6) is 0 Å². The molecule has 0 aliphatic carbocycles. The van der Waals surface area contributed by atoms with Crippen LogP contribution in [0.25, 0.3) is 0 Å². The Morgan fingerprint density at radius 2 is 1.87 bits per heavy atom. The van der Waals surface area contributed by atoms with Crippen LogP contribution >= 0.6 is 22.6 Å². The predicted molar refractivity (Wildman–Crippen MR) is 68.4 cm³/mol. The first kappa shape index (κ1) is 10.4. The largest absolute Gasteiger partial charge is 0.383 e. The van der Waals surface area contributed by atoms with Crippen LogP contribution in [0.4, 0.5) is 5.82 Å². The quantitative estimate of drug-likeness (QED) is 0.684. The highest BCUT2D eigenvalue weighted by Crippen LogP contribution is 2.18. The number of rotatable bonds is 2. The summed E-state index contributed by atoms with van der Waals surface area (Å²) in [4.78, 5) is 8.13. The van der Waals surface area contributed by atoms with E-state index in [1.807, 2.05) is 18.2 Å². The zero-order chi connectivity index (χ0) is 10.7. The van der Waals surface area contributed by atoms with Crippen molar-refractivity contribution in [3.8, 4) is 0 Å². The van der Waals surface area contributed by atoms with Gasteiger partial charge < -0.3 is 5.73 Å². The van der Waals surface area contributed by atoms with E-state index in [1.165, 1.54) is 11.9 Å². The average Bonchev–Trinajstić information content (AvgIpc) is 2.25. The van der Waals surface area contributed by atoms with Gasteiger partial charge in [-0.25, -0.2) is 9.97 Å². The van der Waals surface area contributed by atoms with Crippen molar-refractivity contribution in [2.75, 3.05) is 5.73 Å². The fourth-order valence-corrected chi connectivity index (χ4v) is 1.96. The van der Waals surface area contributed by atoms with Crippen molar-refractivity contribution >= 4 is 28.4 Å². The highest BCUT2D eigenvalue weighted by Gasteiger charge is 2.06. The monoisotopic (exact) mass is 311 g/mol. The Kier molecular flexibility index (Phi) is 3.15. The Bertz CT molecular complexity index is 436. The number of hydrogen-bond acceptors (Lipinski definition) is 3. The second-order valence-electron chi connectivity index (χ2n) is 3.19. The molecule has 15 heavy (non-hydrogen) atoms. The van der Waals surface area contributed by atoms with E-state index in [0.29, 0.717) is 5.82 Å². The lowest BCUT2D eigenvalue weighted by Crippen LogP contribution is -2.03. The minimum atomic E-state index is 0.568. The van der Waals surface area contributed by atoms with Crippen LogP contribution in [-0.2, 0) is 6.42 Å². The second kappa shape index (κ2) is 4.57. The van der Waals surface area contributed by atoms with Gasteiger partial charge in [-0.1, -0.05) is 30.3 Å². The maximum atomic E-state index is 5.81. The van der Waals surface area contributed by atoms with Gasteiger partial charge in [0, 0.05) is 12.0 Å². The van der Waals surface area contributed by atoms with Gasteiger partial charge in [-0.15, -0.1) is 0 Å². The van der Waals surface area contributed by atoms with Crippen molar-refractivity contribution < 1.29 is 0 Å². The fraction of sp³-hybridized carbons (Fsp3) is 0.0909. The smallest absolute Gasteiger partial charge is 0.131 e. The number of nitrogen functional groups attached to an aromatic ring is 1. The molecule has 0 aliphatic heterocycles. The van der Waals surface area contributed by atoms with Crippen LogP contribution in [0, 0.1) is 3.70 Å².